The Morgan fingerprint density at radius 2 is 1.89 bits per heavy atom. The Morgan fingerprint density at radius 3 is 2.51 bits per heavy atom. The van der Waals surface area contributed by atoms with Crippen molar-refractivity contribution < 1.29 is 22.7 Å². The van der Waals surface area contributed by atoms with Crippen molar-refractivity contribution in [1.29, 1.82) is 0 Å². The van der Waals surface area contributed by atoms with Crippen molar-refractivity contribution >= 4 is 38.4 Å². The molecule has 2 aromatic heterocycles. The van der Waals surface area contributed by atoms with Gasteiger partial charge in [0.1, 0.15) is 19.1 Å². The number of rotatable bonds is 8. The lowest BCUT2D eigenvalue weighted by Gasteiger charge is -2.38. The molecule has 0 N–H and O–H groups in total. The van der Waals surface area contributed by atoms with Gasteiger partial charge < -0.3 is 18.8 Å². The third-order valence-electron chi connectivity index (χ3n) is 5.81. The summed E-state index contributed by atoms with van der Waals surface area (Å²) < 4.78 is 48.9. The van der Waals surface area contributed by atoms with Gasteiger partial charge in [0, 0.05) is 23.7 Å². The molecule has 0 spiro atoms. The van der Waals surface area contributed by atoms with E-state index in [1.54, 1.807) is 16.8 Å². The highest BCUT2D eigenvalue weighted by molar-refractivity contribution is 8.32. The molecule has 3 aromatic rings. The summed E-state index contributed by atoms with van der Waals surface area (Å²) in [6, 6.07) is 5.86. The molecular formula is C24H27ClF3N3O3S. The van der Waals surface area contributed by atoms with Gasteiger partial charge in [-0.1, -0.05) is 17.7 Å². The Bertz CT molecular complexity index is 1330. The van der Waals surface area contributed by atoms with Gasteiger partial charge in [-0.15, -0.1) is 0 Å². The highest BCUT2D eigenvalue weighted by Gasteiger charge is 2.46. The van der Waals surface area contributed by atoms with Crippen LogP contribution in [0.25, 0.3) is 22.0 Å². The SMILES string of the molecule is CS(C)(C)CCOCn1cc(-c2ccc(F)c(Cl)c2)c2c(=O)n(CC(=O)N3CC(F)(F)C3)ccc21. The summed E-state index contributed by atoms with van der Waals surface area (Å²) >= 11 is 5.99. The minimum absolute atomic E-state index is 0.0852. The number of fused-ring (bicyclic) bond motifs is 1. The summed E-state index contributed by atoms with van der Waals surface area (Å²) in [5.41, 5.74) is 1.15. The van der Waals surface area contributed by atoms with E-state index < -0.39 is 46.3 Å². The molecule has 0 bridgehead atoms. The highest BCUT2D eigenvalue weighted by atomic mass is 35.5. The molecule has 6 nitrogen and oxygen atoms in total. The molecule has 1 aromatic carbocycles. The van der Waals surface area contributed by atoms with Crippen LogP contribution in [0.4, 0.5) is 13.2 Å². The predicted molar refractivity (Wildman–Crippen MR) is 134 cm³/mol. The van der Waals surface area contributed by atoms with E-state index >= 15 is 0 Å². The van der Waals surface area contributed by atoms with Gasteiger partial charge in [-0.3, -0.25) is 9.59 Å². The Labute approximate surface area is 207 Å². The first-order valence-electron chi connectivity index (χ1n) is 10.9. The minimum atomic E-state index is -2.88. The summed E-state index contributed by atoms with van der Waals surface area (Å²) in [5.74, 6) is -3.10. The van der Waals surface area contributed by atoms with E-state index in [1.165, 1.54) is 29.0 Å². The Morgan fingerprint density at radius 1 is 1.17 bits per heavy atom. The lowest BCUT2D eigenvalue weighted by Crippen LogP contribution is -2.59. The monoisotopic (exact) mass is 529 g/mol. The van der Waals surface area contributed by atoms with Crippen molar-refractivity contribution in [3.63, 3.8) is 0 Å². The number of carbonyl (C=O) groups is 1. The van der Waals surface area contributed by atoms with Crippen molar-refractivity contribution in [1.82, 2.24) is 14.0 Å². The van der Waals surface area contributed by atoms with Gasteiger partial charge in [0.25, 0.3) is 11.5 Å². The van der Waals surface area contributed by atoms with E-state index in [1.807, 2.05) is 0 Å². The van der Waals surface area contributed by atoms with Crippen molar-refractivity contribution in [2.75, 3.05) is 44.2 Å². The van der Waals surface area contributed by atoms with Crippen molar-refractivity contribution in [2.24, 2.45) is 0 Å². The molecule has 0 aliphatic carbocycles. The number of benzene rings is 1. The number of likely N-dealkylation sites (tertiary alicyclic amines) is 1. The smallest absolute Gasteiger partial charge is 0.282 e. The number of halogens is 4. The number of ether oxygens (including phenoxy) is 1. The highest BCUT2D eigenvalue weighted by Crippen LogP contribution is 2.34. The molecule has 4 rings (SSSR count). The third-order valence-corrected chi connectivity index (χ3v) is 7.49. The Balaban J connectivity index is 1.69. The number of hydrogen-bond acceptors (Lipinski definition) is 3. The second-order valence-electron chi connectivity index (χ2n) is 9.59. The summed E-state index contributed by atoms with van der Waals surface area (Å²) in [4.78, 5) is 26.9. The van der Waals surface area contributed by atoms with Gasteiger partial charge in [0.05, 0.1) is 35.6 Å². The molecule has 0 unspecified atom stereocenters. The minimum Gasteiger partial charge on any atom is -0.360 e. The number of pyridine rings is 1. The second-order valence-corrected chi connectivity index (χ2v) is 14.6. The first kappa shape index (κ1) is 25.7. The molecule has 0 atom stereocenters. The maximum atomic E-state index is 13.8. The molecule has 0 saturated carbocycles. The zero-order chi connectivity index (χ0) is 25.5. The molecule has 35 heavy (non-hydrogen) atoms. The molecular weight excluding hydrogens is 503 g/mol. The van der Waals surface area contributed by atoms with Crippen LogP contribution in [0.15, 0.2) is 41.5 Å². The van der Waals surface area contributed by atoms with Crippen molar-refractivity contribution in [2.45, 2.75) is 19.2 Å². The molecule has 1 aliphatic rings. The zero-order valence-electron chi connectivity index (χ0n) is 19.7. The topological polar surface area (TPSA) is 56.5 Å². The van der Waals surface area contributed by atoms with Crippen LogP contribution in [0.3, 0.4) is 0 Å². The quantitative estimate of drug-likeness (QED) is 0.406. The lowest BCUT2D eigenvalue weighted by atomic mass is 10.1. The molecule has 1 aliphatic heterocycles. The number of alkyl halides is 2. The van der Waals surface area contributed by atoms with E-state index in [-0.39, 0.29) is 18.3 Å². The molecule has 190 valence electrons. The van der Waals surface area contributed by atoms with Crippen LogP contribution in [0.1, 0.15) is 0 Å². The fourth-order valence-corrected chi connectivity index (χ4v) is 4.67. The summed E-state index contributed by atoms with van der Waals surface area (Å²) in [6.45, 7) is -0.892. The van der Waals surface area contributed by atoms with Gasteiger partial charge in [-0.25, -0.2) is 23.2 Å². The zero-order valence-corrected chi connectivity index (χ0v) is 21.3. The van der Waals surface area contributed by atoms with Gasteiger partial charge in [-0.05, 0) is 42.5 Å². The van der Waals surface area contributed by atoms with Gasteiger partial charge in [0.15, 0.2) is 0 Å². The van der Waals surface area contributed by atoms with Crippen molar-refractivity contribution in [3.8, 4) is 11.1 Å². The number of hydrogen-bond donors (Lipinski definition) is 0. The van der Waals surface area contributed by atoms with Crippen LogP contribution in [0, 0.1) is 5.82 Å². The fraction of sp³-hybridized carbons (Fsp3) is 0.417. The van der Waals surface area contributed by atoms with E-state index in [0.717, 1.165) is 10.7 Å². The van der Waals surface area contributed by atoms with Gasteiger partial charge >= 0.3 is 0 Å². The number of carbonyl (C=O) groups excluding carboxylic acids is 1. The maximum absolute atomic E-state index is 13.8. The van der Waals surface area contributed by atoms with Crippen LogP contribution in [0.2, 0.25) is 5.02 Å². The summed E-state index contributed by atoms with van der Waals surface area (Å²) in [7, 11) is -0.724. The van der Waals surface area contributed by atoms with Crippen LogP contribution >= 0.6 is 21.6 Å². The molecule has 1 amide bonds. The number of aromatic nitrogens is 2. The molecule has 0 radical (unpaired) electrons. The van der Waals surface area contributed by atoms with E-state index in [2.05, 4.69) is 18.8 Å². The van der Waals surface area contributed by atoms with E-state index in [0.29, 0.717) is 28.6 Å². The second kappa shape index (κ2) is 9.55. The standard InChI is InChI=1S/C24H27ClF3N3O3S/c1-35(2,3)9-8-34-15-30-11-17(16-4-5-19(26)18(25)10-16)22-20(30)6-7-29(23(22)33)12-21(32)31-13-24(27,28)14-31/h4-7,10-11H,8-9,12-15H2,1-3H3. The Hall–Kier alpha value is -2.43. The average Bonchev–Trinajstić information content (AvgIpc) is 3.12. The third kappa shape index (κ3) is 5.70. The number of nitrogens with zero attached hydrogens (tertiary/aromatic N) is 3. The largest absolute Gasteiger partial charge is 0.360 e. The molecule has 1 fully saturated rings. The first-order valence-corrected chi connectivity index (χ1v) is 14.3. The van der Waals surface area contributed by atoms with Crippen LogP contribution in [0.5, 0.6) is 0 Å². The summed E-state index contributed by atoms with van der Waals surface area (Å²) in [6.07, 6.45) is 9.80. The molecule has 11 heteroatoms. The molecule has 1 saturated heterocycles. The fourth-order valence-electron chi connectivity index (χ4n) is 3.87. The number of amides is 1. The van der Waals surface area contributed by atoms with Gasteiger partial charge in [-0.2, -0.15) is 0 Å². The normalized spacial score (nSPS) is 15.9. The summed E-state index contributed by atoms with van der Waals surface area (Å²) in [5, 5.41) is 0.222. The van der Waals surface area contributed by atoms with E-state index in [4.69, 9.17) is 16.3 Å². The lowest BCUT2D eigenvalue weighted by molar-refractivity contribution is -0.166. The van der Waals surface area contributed by atoms with E-state index in [9.17, 15) is 22.8 Å². The maximum Gasteiger partial charge on any atom is 0.282 e. The van der Waals surface area contributed by atoms with Gasteiger partial charge in [0.2, 0.25) is 5.91 Å². The molecule has 3 heterocycles. The Kier molecular flexibility index (Phi) is 7.00. The predicted octanol–water partition coefficient (Wildman–Crippen LogP) is 4.41. The average molecular weight is 530 g/mol. The van der Waals surface area contributed by atoms with Crippen LogP contribution in [-0.4, -0.2) is 70.1 Å². The van der Waals surface area contributed by atoms with Crippen LogP contribution in [-0.2, 0) is 22.8 Å². The van der Waals surface area contributed by atoms with Crippen molar-refractivity contribution in [3.05, 3.63) is 57.9 Å². The first-order chi connectivity index (χ1) is 16.3. The van der Waals surface area contributed by atoms with Crippen LogP contribution < -0.4 is 5.56 Å².